The lowest BCUT2D eigenvalue weighted by molar-refractivity contribution is -0.109. The molecular weight excluding hydrogens is 212 g/mol. The van der Waals surface area contributed by atoms with Crippen molar-refractivity contribution in [2.75, 3.05) is 0 Å². The summed E-state index contributed by atoms with van der Waals surface area (Å²) in [6.07, 6.45) is 1.57. The van der Waals surface area contributed by atoms with Crippen molar-refractivity contribution in [3.05, 3.63) is 0 Å². The third-order valence-electron chi connectivity index (χ3n) is 2.27. The third kappa shape index (κ3) is 5.92. The first kappa shape index (κ1) is 13.4. The number of amides is 2. The topological polar surface area (TPSA) is 58.2 Å². The second-order valence-corrected chi connectivity index (χ2v) is 13.9. The van der Waals surface area contributed by atoms with E-state index < -0.39 is 16.5 Å². The molecular formula is C8H20N2O2Si2. The molecule has 0 aliphatic rings. The molecule has 0 heterocycles. The first-order valence-electron chi connectivity index (χ1n) is 4.76. The fraction of sp³-hybridized carbons (Fsp3) is 0.750. The molecule has 6 heteroatoms. The fourth-order valence-electron chi connectivity index (χ4n) is 1.09. The molecule has 0 saturated carbocycles. The lowest BCUT2D eigenvalue weighted by Crippen LogP contribution is -2.49. The standard InChI is InChI=1S/C8H20N2O2Si2/c1-13(2,9-7-11)5-6-14(3,4)10-8-12/h7-8H,5-6H2,1-4H3,(H,9,11)(H,10,12). The molecule has 0 spiro atoms. The molecule has 0 aromatic heterocycles. The van der Waals surface area contributed by atoms with Gasteiger partial charge in [0, 0.05) is 0 Å². The number of hydrogen-bond acceptors (Lipinski definition) is 2. The van der Waals surface area contributed by atoms with Gasteiger partial charge in [0.2, 0.25) is 0 Å². The van der Waals surface area contributed by atoms with E-state index in [2.05, 4.69) is 36.2 Å². The molecule has 0 aliphatic carbocycles. The van der Waals surface area contributed by atoms with Crippen LogP contribution >= 0.6 is 0 Å². The quantitative estimate of drug-likeness (QED) is 0.506. The van der Waals surface area contributed by atoms with Crippen molar-refractivity contribution >= 4 is 29.3 Å². The normalized spacial score (nSPS) is 12.0. The predicted octanol–water partition coefficient (Wildman–Crippen LogP) is 0.889. The van der Waals surface area contributed by atoms with Gasteiger partial charge in [0.15, 0.2) is 12.8 Å². The molecule has 0 saturated heterocycles. The van der Waals surface area contributed by atoms with E-state index >= 15 is 0 Å². The Morgan fingerprint density at radius 1 is 0.857 bits per heavy atom. The number of hydrogen-bond donors (Lipinski definition) is 2. The van der Waals surface area contributed by atoms with E-state index in [1.54, 1.807) is 0 Å². The Bertz CT molecular complexity index is 186. The third-order valence-corrected chi connectivity index (χ3v) is 7.57. The zero-order valence-electron chi connectivity index (χ0n) is 9.39. The minimum Gasteiger partial charge on any atom is -0.385 e. The van der Waals surface area contributed by atoms with Crippen LogP contribution < -0.4 is 9.96 Å². The van der Waals surface area contributed by atoms with Crippen LogP contribution in [-0.2, 0) is 9.59 Å². The van der Waals surface area contributed by atoms with E-state index in [9.17, 15) is 9.59 Å². The summed E-state index contributed by atoms with van der Waals surface area (Å²) in [6.45, 7) is 8.47. The van der Waals surface area contributed by atoms with Gasteiger partial charge >= 0.3 is 0 Å². The molecule has 82 valence electrons. The van der Waals surface area contributed by atoms with Crippen molar-refractivity contribution in [1.82, 2.24) is 9.96 Å². The zero-order valence-corrected chi connectivity index (χ0v) is 11.4. The first-order valence-corrected chi connectivity index (χ1v) is 11.2. The van der Waals surface area contributed by atoms with Crippen molar-refractivity contribution < 1.29 is 9.59 Å². The van der Waals surface area contributed by atoms with Gasteiger partial charge in [-0.3, -0.25) is 9.59 Å². The van der Waals surface area contributed by atoms with Crippen LogP contribution in [0.15, 0.2) is 0 Å². The van der Waals surface area contributed by atoms with Crippen LogP contribution in [0.2, 0.25) is 38.3 Å². The molecule has 0 aliphatic heterocycles. The molecule has 0 aromatic carbocycles. The number of carbonyl (C=O) groups excluding carboxylic acids is 2. The smallest absolute Gasteiger partial charge is 0.199 e. The molecule has 0 fully saturated rings. The molecule has 4 nitrogen and oxygen atoms in total. The van der Waals surface area contributed by atoms with Gasteiger partial charge in [-0.15, -0.1) is 0 Å². The SMILES string of the molecule is C[Si](C)(CC[Si](C)(C)NC=O)NC=O. The van der Waals surface area contributed by atoms with E-state index in [1.807, 2.05) is 0 Å². The van der Waals surface area contributed by atoms with Crippen LogP contribution in [0.5, 0.6) is 0 Å². The highest BCUT2D eigenvalue weighted by atomic mass is 28.3. The van der Waals surface area contributed by atoms with Crippen LogP contribution in [0, 0.1) is 0 Å². The van der Waals surface area contributed by atoms with E-state index in [-0.39, 0.29) is 0 Å². The largest absolute Gasteiger partial charge is 0.385 e. The van der Waals surface area contributed by atoms with Crippen molar-refractivity contribution in [3.63, 3.8) is 0 Å². The van der Waals surface area contributed by atoms with Crippen LogP contribution in [0.4, 0.5) is 0 Å². The van der Waals surface area contributed by atoms with Gasteiger partial charge in [0.25, 0.3) is 0 Å². The molecule has 0 bridgehead atoms. The summed E-state index contributed by atoms with van der Waals surface area (Å²) in [6, 6.07) is 2.04. The molecule has 0 rings (SSSR count). The second-order valence-electron chi connectivity index (χ2n) is 4.79. The fourth-order valence-corrected chi connectivity index (χ4v) is 7.02. The van der Waals surface area contributed by atoms with Gasteiger partial charge in [0.05, 0.1) is 0 Å². The van der Waals surface area contributed by atoms with Crippen LogP contribution in [0.25, 0.3) is 0 Å². The summed E-state index contributed by atoms with van der Waals surface area (Å²) < 4.78 is 0. The van der Waals surface area contributed by atoms with Gasteiger partial charge in [-0.25, -0.2) is 0 Å². The Morgan fingerprint density at radius 3 is 1.36 bits per heavy atom. The Balaban J connectivity index is 4.02. The molecule has 14 heavy (non-hydrogen) atoms. The summed E-state index contributed by atoms with van der Waals surface area (Å²) in [7, 11) is -3.16. The van der Waals surface area contributed by atoms with Crippen molar-refractivity contribution in [2.24, 2.45) is 0 Å². The van der Waals surface area contributed by atoms with Crippen molar-refractivity contribution in [2.45, 2.75) is 38.3 Å². The van der Waals surface area contributed by atoms with Gasteiger partial charge < -0.3 is 9.96 Å². The van der Waals surface area contributed by atoms with E-state index in [0.29, 0.717) is 0 Å². The number of carbonyl (C=O) groups is 2. The minimum atomic E-state index is -1.58. The van der Waals surface area contributed by atoms with Crippen molar-refractivity contribution in [1.29, 1.82) is 0 Å². The number of nitrogens with one attached hydrogen (secondary N) is 2. The highest BCUT2D eigenvalue weighted by molar-refractivity contribution is 6.81. The average Bonchev–Trinajstić information content (AvgIpc) is 2.01. The molecule has 2 amide bonds. The lowest BCUT2D eigenvalue weighted by atomic mass is 10.9. The highest BCUT2D eigenvalue weighted by Gasteiger charge is 2.27. The Hall–Kier alpha value is -0.626. The van der Waals surface area contributed by atoms with E-state index in [1.165, 1.54) is 0 Å². The van der Waals surface area contributed by atoms with E-state index in [4.69, 9.17) is 0 Å². The maximum absolute atomic E-state index is 10.3. The summed E-state index contributed by atoms with van der Waals surface area (Å²) >= 11 is 0. The molecule has 0 radical (unpaired) electrons. The summed E-state index contributed by atoms with van der Waals surface area (Å²) in [5, 5.41) is 0. The Morgan fingerprint density at radius 2 is 1.14 bits per heavy atom. The maximum Gasteiger partial charge on any atom is 0.199 e. The van der Waals surface area contributed by atoms with Crippen LogP contribution in [-0.4, -0.2) is 29.3 Å². The summed E-state index contributed by atoms with van der Waals surface area (Å²) in [5.41, 5.74) is 0. The zero-order chi connectivity index (χ0) is 11.2. The van der Waals surface area contributed by atoms with Gasteiger partial charge in [-0.1, -0.05) is 26.2 Å². The second kappa shape index (κ2) is 5.30. The molecule has 0 atom stereocenters. The highest BCUT2D eigenvalue weighted by Crippen LogP contribution is 2.15. The first-order chi connectivity index (χ1) is 6.33. The predicted molar refractivity (Wildman–Crippen MR) is 63.0 cm³/mol. The van der Waals surface area contributed by atoms with Gasteiger partial charge in [0.1, 0.15) is 16.5 Å². The maximum atomic E-state index is 10.3. The molecule has 0 unspecified atom stereocenters. The summed E-state index contributed by atoms with van der Waals surface area (Å²) in [4.78, 5) is 26.5. The molecule has 2 N–H and O–H groups in total. The lowest BCUT2D eigenvalue weighted by Gasteiger charge is -2.27. The minimum absolute atomic E-state index is 0.786. The Kier molecular flexibility index (Phi) is 5.07. The number of rotatable bonds is 7. The van der Waals surface area contributed by atoms with Gasteiger partial charge in [-0.2, -0.15) is 0 Å². The van der Waals surface area contributed by atoms with E-state index in [0.717, 1.165) is 24.9 Å². The Labute approximate surface area is 87.6 Å². The van der Waals surface area contributed by atoms with Crippen LogP contribution in [0.3, 0.4) is 0 Å². The summed E-state index contributed by atoms with van der Waals surface area (Å²) in [5.74, 6) is 0. The van der Waals surface area contributed by atoms with Crippen LogP contribution in [0.1, 0.15) is 0 Å². The van der Waals surface area contributed by atoms with Gasteiger partial charge in [-0.05, 0) is 12.1 Å². The van der Waals surface area contributed by atoms with Crippen molar-refractivity contribution in [3.8, 4) is 0 Å². The molecule has 0 aromatic rings. The average molecular weight is 232 g/mol. The monoisotopic (exact) mass is 232 g/mol.